The average Bonchev–Trinajstić information content (AvgIpc) is 3.14. The normalized spacial score (nSPS) is 15.6. The molecule has 1 aliphatic heterocycles. The highest BCUT2D eigenvalue weighted by Gasteiger charge is 2.24. The highest BCUT2D eigenvalue weighted by molar-refractivity contribution is 9.10. The number of methoxy groups -OCH3 is 1. The number of amides is 1. The van der Waals surface area contributed by atoms with Gasteiger partial charge in [0.05, 0.1) is 22.2 Å². The van der Waals surface area contributed by atoms with Crippen LogP contribution in [0.5, 0.6) is 11.5 Å². The van der Waals surface area contributed by atoms with Crippen LogP contribution in [0.1, 0.15) is 16.7 Å². The number of benzene rings is 3. The van der Waals surface area contributed by atoms with Crippen LogP contribution < -0.4 is 14.8 Å². The number of nitrogens with zero attached hydrogens (tertiary/aromatic N) is 1. The van der Waals surface area contributed by atoms with Crippen molar-refractivity contribution >= 4 is 78.1 Å². The SMILES string of the molecule is COc1cc(/C=C2\SC(=Nc3ccc(Cl)cc3C)NC2=O)cc(Br)c1OCc1ccc(Br)cc1. The van der Waals surface area contributed by atoms with Gasteiger partial charge in [0.15, 0.2) is 16.7 Å². The molecule has 1 heterocycles. The summed E-state index contributed by atoms with van der Waals surface area (Å²) in [4.78, 5) is 17.6. The number of halogens is 3. The number of aryl methyl sites for hydroxylation is 1. The second-order valence-electron chi connectivity index (χ2n) is 7.36. The van der Waals surface area contributed by atoms with Crippen LogP contribution in [-0.2, 0) is 11.4 Å². The molecule has 4 rings (SSSR count). The van der Waals surface area contributed by atoms with Crippen molar-refractivity contribution in [2.24, 2.45) is 4.99 Å². The second-order valence-corrected chi connectivity index (χ2v) is 10.6. The summed E-state index contributed by atoms with van der Waals surface area (Å²) in [5, 5.41) is 3.98. The summed E-state index contributed by atoms with van der Waals surface area (Å²) in [5.41, 5.74) is 3.51. The smallest absolute Gasteiger partial charge is 0.264 e. The van der Waals surface area contributed by atoms with Gasteiger partial charge < -0.3 is 14.8 Å². The van der Waals surface area contributed by atoms with Gasteiger partial charge >= 0.3 is 0 Å². The summed E-state index contributed by atoms with van der Waals surface area (Å²) in [6.45, 7) is 2.32. The van der Waals surface area contributed by atoms with Gasteiger partial charge in [0.25, 0.3) is 5.91 Å². The minimum absolute atomic E-state index is 0.207. The van der Waals surface area contributed by atoms with Gasteiger partial charge in [-0.3, -0.25) is 4.79 Å². The Bertz CT molecular complexity index is 1310. The van der Waals surface area contributed by atoms with Gasteiger partial charge in [-0.2, -0.15) is 0 Å². The van der Waals surface area contributed by atoms with Crippen molar-refractivity contribution in [3.63, 3.8) is 0 Å². The fraction of sp³-hybridized carbons (Fsp3) is 0.120. The van der Waals surface area contributed by atoms with Gasteiger partial charge in [0.2, 0.25) is 0 Å². The van der Waals surface area contributed by atoms with E-state index in [4.69, 9.17) is 21.1 Å². The van der Waals surface area contributed by atoms with E-state index in [9.17, 15) is 4.79 Å². The van der Waals surface area contributed by atoms with Gasteiger partial charge in [-0.05, 0) is 99.8 Å². The molecule has 0 saturated carbocycles. The zero-order valence-electron chi connectivity index (χ0n) is 18.2. The number of hydrogen-bond acceptors (Lipinski definition) is 5. The predicted octanol–water partition coefficient (Wildman–Crippen LogP) is 7.65. The quantitative estimate of drug-likeness (QED) is 0.287. The summed E-state index contributed by atoms with van der Waals surface area (Å²) in [7, 11) is 1.58. The third-order valence-corrected chi connectivity index (χ3v) is 7.14. The van der Waals surface area contributed by atoms with Crippen LogP contribution in [0.15, 0.2) is 73.4 Å². The van der Waals surface area contributed by atoms with E-state index in [0.29, 0.717) is 33.2 Å². The molecule has 34 heavy (non-hydrogen) atoms. The van der Waals surface area contributed by atoms with E-state index in [-0.39, 0.29) is 5.91 Å². The predicted molar refractivity (Wildman–Crippen MR) is 146 cm³/mol. The number of aliphatic imine (C=N–C) groups is 1. The van der Waals surface area contributed by atoms with Crippen molar-refractivity contribution in [1.29, 1.82) is 0 Å². The minimum atomic E-state index is -0.207. The molecule has 0 radical (unpaired) electrons. The van der Waals surface area contributed by atoms with E-state index in [1.54, 1.807) is 19.3 Å². The van der Waals surface area contributed by atoms with Crippen LogP contribution in [0.25, 0.3) is 6.08 Å². The number of carbonyl (C=O) groups is 1. The van der Waals surface area contributed by atoms with Crippen molar-refractivity contribution in [3.05, 3.63) is 90.2 Å². The van der Waals surface area contributed by atoms with Crippen LogP contribution in [0.2, 0.25) is 5.02 Å². The van der Waals surface area contributed by atoms with Crippen molar-refractivity contribution in [2.75, 3.05) is 7.11 Å². The summed E-state index contributed by atoms with van der Waals surface area (Å²) < 4.78 is 13.3. The van der Waals surface area contributed by atoms with Crippen molar-refractivity contribution in [2.45, 2.75) is 13.5 Å². The Morgan fingerprint density at radius 2 is 1.88 bits per heavy atom. The number of ether oxygens (including phenoxy) is 2. The maximum atomic E-state index is 12.5. The second kappa shape index (κ2) is 11.0. The van der Waals surface area contributed by atoms with E-state index >= 15 is 0 Å². The zero-order valence-corrected chi connectivity index (χ0v) is 22.9. The lowest BCUT2D eigenvalue weighted by molar-refractivity contribution is -0.115. The monoisotopic (exact) mass is 620 g/mol. The van der Waals surface area contributed by atoms with Gasteiger partial charge in [-0.15, -0.1) is 0 Å². The first kappa shape index (κ1) is 24.9. The molecule has 3 aromatic carbocycles. The largest absolute Gasteiger partial charge is 0.493 e. The Morgan fingerprint density at radius 3 is 2.59 bits per heavy atom. The Hall–Kier alpha value is -2.26. The number of carbonyl (C=O) groups excluding carboxylic acids is 1. The van der Waals surface area contributed by atoms with Gasteiger partial charge in [-0.1, -0.05) is 39.7 Å². The number of nitrogens with one attached hydrogen (secondary N) is 1. The molecule has 3 aromatic rings. The van der Waals surface area contributed by atoms with Crippen LogP contribution in [-0.4, -0.2) is 18.2 Å². The Labute approximate surface area is 223 Å². The molecule has 1 aliphatic rings. The Morgan fingerprint density at radius 1 is 1.12 bits per heavy atom. The highest BCUT2D eigenvalue weighted by Crippen LogP contribution is 2.39. The van der Waals surface area contributed by atoms with E-state index in [1.165, 1.54) is 11.8 Å². The number of rotatable bonds is 6. The summed E-state index contributed by atoms with van der Waals surface area (Å²) >= 11 is 14.3. The van der Waals surface area contributed by atoms with Crippen LogP contribution in [0.3, 0.4) is 0 Å². The molecule has 0 aliphatic carbocycles. The van der Waals surface area contributed by atoms with E-state index in [0.717, 1.165) is 31.3 Å². The van der Waals surface area contributed by atoms with Crippen molar-refractivity contribution in [3.8, 4) is 11.5 Å². The van der Waals surface area contributed by atoms with Crippen LogP contribution in [0, 0.1) is 6.92 Å². The van der Waals surface area contributed by atoms with Crippen molar-refractivity contribution < 1.29 is 14.3 Å². The van der Waals surface area contributed by atoms with Gasteiger partial charge in [0, 0.05) is 9.50 Å². The Kier molecular flexibility index (Phi) is 8.03. The fourth-order valence-electron chi connectivity index (χ4n) is 3.18. The van der Waals surface area contributed by atoms with E-state index in [1.807, 2.05) is 55.5 Å². The van der Waals surface area contributed by atoms with Crippen LogP contribution >= 0.6 is 55.2 Å². The standard InChI is InChI=1S/C25H19Br2ClN2O3S/c1-14-9-18(28)7-8-20(14)29-25-30-24(31)22(34-25)12-16-10-19(27)23(21(11-16)32-2)33-13-15-3-5-17(26)6-4-15/h3-12H,13H2,1-2H3,(H,29,30,31)/b22-12-. The lowest BCUT2D eigenvalue weighted by Crippen LogP contribution is -2.19. The average molecular weight is 623 g/mol. The molecular weight excluding hydrogens is 604 g/mol. The third-order valence-electron chi connectivity index (χ3n) is 4.88. The first-order valence-corrected chi connectivity index (χ1v) is 12.9. The first-order chi connectivity index (χ1) is 16.3. The van der Waals surface area contributed by atoms with E-state index < -0.39 is 0 Å². The fourth-order valence-corrected chi connectivity index (χ4v) is 5.08. The highest BCUT2D eigenvalue weighted by atomic mass is 79.9. The maximum absolute atomic E-state index is 12.5. The number of amidine groups is 1. The van der Waals surface area contributed by atoms with Gasteiger partial charge in [-0.25, -0.2) is 4.99 Å². The third kappa shape index (κ3) is 6.05. The van der Waals surface area contributed by atoms with Crippen molar-refractivity contribution in [1.82, 2.24) is 5.32 Å². The minimum Gasteiger partial charge on any atom is -0.493 e. The molecular formula is C25H19Br2ClN2O3S. The number of thioether (sulfide) groups is 1. The lowest BCUT2D eigenvalue weighted by Gasteiger charge is -2.14. The molecule has 174 valence electrons. The molecule has 5 nitrogen and oxygen atoms in total. The summed E-state index contributed by atoms with van der Waals surface area (Å²) in [5.74, 6) is 0.949. The molecule has 1 fully saturated rings. The van der Waals surface area contributed by atoms with Crippen LogP contribution in [0.4, 0.5) is 5.69 Å². The zero-order chi connectivity index (χ0) is 24.2. The molecule has 0 bridgehead atoms. The molecule has 9 heteroatoms. The first-order valence-electron chi connectivity index (χ1n) is 10.1. The molecule has 0 atom stereocenters. The van der Waals surface area contributed by atoms with E-state index in [2.05, 4.69) is 42.2 Å². The molecule has 0 aromatic heterocycles. The lowest BCUT2D eigenvalue weighted by atomic mass is 10.2. The molecule has 1 N–H and O–H groups in total. The van der Waals surface area contributed by atoms with Gasteiger partial charge in [0.1, 0.15) is 6.61 Å². The number of hydrogen-bond donors (Lipinski definition) is 1. The summed E-state index contributed by atoms with van der Waals surface area (Å²) in [6.07, 6.45) is 1.79. The molecule has 1 amide bonds. The topological polar surface area (TPSA) is 59.9 Å². The Balaban J connectivity index is 1.54. The summed E-state index contributed by atoms with van der Waals surface area (Å²) in [6, 6.07) is 17.1. The maximum Gasteiger partial charge on any atom is 0.264 e. The molecule has 0 spiro atoms. The molecule has 0 unspecified atom stereocenters. The molecule has 1 saturated heterocycles.